The molecule has 1 aromatic rings. The number of anilines is 1. The number of nitrogens with zero attached hydrogens (tertiary/aromatic N) is 2. The number of hydrogen-bond acceptors (Lipinski definition) is 3. The van der Waals surface area contributed by atoms with Crippen LogP contribution < -0.4 is 11.5 Å². The number of halogens is 1. The Morgan fingerprint density at radius 1 is 1.80 bits per heavy atom. The highest BCUT2D eigenvalue weighted by molar-refractivity contribution is 6.17. The van der Waals surface area contributed by atoms with Gasteiger partial charge in [0.2, 0.25) is 0 Å². The molecule has 0 saturated carbocycles. The van der Waals surface area contributed by atoms with Crippen molar-refractivity contribution in [1.29, 1.82) is 0 Å². The lowest BCUT2D eigenvalue weighted by atomic mass is 10.4. The molecular weight excluding hydrogens is 156 g/mol. The number of aromatic nitrogens is 2. The SMILES string of the molecule is NC(=O)c1ncn(Cl)c1N. The van der Waals surface area contributed by atoms with Crippen molar-refractivity contribution in [2.24, 2.45) is 5.73 Å². The smallest absolute Gasteiger partial charge is 0.271 e. The molecule has 10 heavy (non-hydrogen) atoms. The van der Waals surface area contributed by atoms with Gasteiger partial charge in [0.15, 0.2) is 11.5 Å². The number of hydrogen-bond donors (Lipinski definition) is 2. The van der Waals surface area contributed by atoms with Crippen LogP contribution in [0, 0.1) is 0 Å². The average molecular weight is 161 g/mol. The Kier molecular flexibility index (Phi) is 1.50. The molecule has 4 N–H and O–H groups in total. The van der Waals surface area contributed by atoms with Crippen molar-refractivity contribution >= 4 is 23.5 Å². The molecule has 0 saturated heterocycles. The fourth-order valence-corrected chi connectivity index (χ4v) is 0.651. The lowest BCUT2D eigenvalue weighted by Crippen LogP contribution is -2.13. The quantitative estimate of drug-likeness (QED) is 0.584. The van der Waals surface area contributed by atoms with Crippen molar-refractivity contribution in [3.05, 3.63) is 12.0 Å². The lowest BCUT2D eigenvalue weighted by molar-refractivity contribution is 0.0997. The van der Waals surface area contributed by atoms with E-state index in [0.29, 0.717) is 0 Å². The van der Waals surface area contributed by atoms with Gasteiger partial charge < -0.3 is 11.5 Å². The van der Waals surface area contributed by atoms with Gasteiger partial charge in [0, 0.05) is 11.8 Å². The summed E-state index contributed by atoms with van der Waals surface area (Å²) in [4.78, 5) is 14.0. The van der Waals surface area contributed by atoms with Crippen LogP contribution in [0.15, 0.2) is 6.33 Å². The maximum Gasteiger partial charge on any atom is 0.271 e. The maximum atomic E-state index is 10.4. The van der Waals surface area contributed by atoms with Crippen LogP contribution in [0.4, 0.5) is 5.82 Å². The first-order valence-corrected chi connectivity index (χ1v) is 2.75. The minimum absolute atomic E-state index is 0.00463. The highest BCUT2D eigenvalue weighted by atomic mass is 35.5. The monoisotopic (exact) mass is 160 g/mol. The molecule has 0 unspecified atom stereocenters. The zero-order chi connectivity index (χ0) is 7.72. The second-order valence-corrected chi connectivity index (χ2v) is 2.02. The van der Waals surface area contributed by atoms with Gasteiger partial charge in [-0.2, -0.15) is 0 Å². The van der Waals surface area contributed by atoms with Crippen LogP contribution in [0.25, 0.3) is 0 Å². The van der Waals surface area contributed by atoms with Gasteiger partial charge in [-0.05, 0) is 0 Å². The van der Waals surface area contributed by atoms with Gasteiger partial charge in [-0.1, -0.05) is 0 Å². The predicted octanol–water partition coefficient (Wildman–Crippen LogP) is -0.434. The molecule has 1 aromatic heterocycles. The molecule has 1 heterocycles. The van der Waals surface area contributed by atoms with Crippen LogP contribution in [0.5, 0.6) is 0 Å². The Morgan fingerprint density at radius 2 is 2.40 bits per heavy atom. The van der Waals surface area contributed by atoms with Gasteiger partial charge in [-0.25, -0.2) is 9.07 Å². The maximum absolute atomic E-state index is 10.4. The third kappa shape index (κ3) is 0.906. The summed E-state index contributed by atoms with van der Waals surface area (Å²) in [5, 5.41) is 0. The number of imidazole rings is 1. The van der Waals surface area contributed by atoms with Crippen LogP contribution in [0.2, 0.25) is 0 Å². The van der Waals surface area contributed by atoms with Gasteiger partial charge in [-0.3, -0.25) is 4.79 Å². The fraction of sp³-hybridized carbons (Fsp3) is 0. The van der Waals surface area contributed by atoms with Crippen molar-refractivity contribution in [3.63, 3.8) is 0 Å². The van der Waals surface area contributed by atoms with Gasteiger partial charge in [0.1, 0.15) is 6.33 Å². The third-order valence-electron chi connectivity index (χ3n) is 0.994. The summed E-state index contributed by atoms with van der Waals surface area (Å²) >= 11 is 5.39. The van der Waals surface area contributed by atoms with Crippen molar-refractivity contribution in [2.75, 3.05) is 5.73 Å². The minimum atomic E-state index is -0.683. The van der Waals surface area contributed by atoms with Gasteiger partial charge in [-0.15, -0.1) is 0 Å². The summed E-state index contributed by atoms with van der Waals surface area (Å²) in [7, 11) is 0. The summed E-state index contributed by atoms with van der Waals surface area (Å²) in [6.45, 7) is 0. The molecule has 0 aliphatic heterocycles. The van der Waals surface area contributed by atoms with E-state index >= 15 is 0 Å². The highest BCUT2D eigenvalue weighted by Gasteiger charge is 2.10. The molecule has 0 spiro atoms. The van der Waals surface area contributed by atoms with Crippen LogP contribution in [-0.4, -0.2) is 15.0 Å². The van der Waals surface area contributed by atoms with Crippen molar-refractivity contribution in [3.8, 4) is 0 Å². The van der Waals surface area contributed by atoms with Crippen LogP contribution in [-0.2, 0) is 0 Å². The van der Waals surface area contributed by atoms with Crippen LogP contribution in [0.1, 0.15) is 10.5 Å². The largest absolute Gasteiger partial charge is 0.382 e. The molecule has 0 aromatic carbocycles. The molecule has 1 rings (SSSR count). The minimum Gasteiger partial charge on any atom is -0.382 e. The molecule has 0 aliphatic carbocycles. The molecule has 54 valence electrons. The van der Waals surface area contributed by atoms with Crippen molar-refractivity contribution < 1.29 is 4.79 Å². The van der Waals surface area contributed by atoms with Crippen molar-refractivity contribution in [1.82, 2.24) is 9.07 Å². The number of primary amides is 1. The molecule has 0 fully saturated rings. The van der Waals surface area contributed by atoms with E-state index in [1.807, 2.05) is 0 Å². The zero-order valence-corrected chi connectivity index (χ0v) is 5.67. The summed E-state index contributed by atoms with van der Waals surface area (Å²) < 4.78 is 1.00. The average Bonchev–Trinajstić information content (AvgIpc) is 2.14. The van der Waals surface area contributed by atoms with E-state index in [2.05, 4.69) is 4.98 Å². The molecule has 6 heteroatoms. The molecule has 1 amide bonds. The second-order valence-electron chi connectivity index (χ2n) is 1.65. The Morgan fingerprint density at radius 3 is 2.60 bits per heavy atom. The van der Waals surface area contributed by atoms with Gasteiger partial charge >= 0.3 is 0 Å². The number of carbonyl (C=O) groups excluding carboxylic acids is 1. The Hall–Kier alpha value is -1.23. The standard InChI is InChI=1S/C4H5ClN4O/c5-9-1-8-2(3(9)6)4(7)10/h1H,6H2,(H2,7,10). The van der Waals surface area contributed by atoms with E-state index in [-0.39, 0.29) is 11.5 Å². The van der Waals surface area contributed by atoms with E-state index in [1.165, 1.54) is 6.33 Å². The molecule has 0 aliphatic rings. The van der Waals surface area contributed by atoms with Crippen LogP contribution >= 0.6 is 11.8 Å². The fourth-order valence-electron chi connectivity index (χ4n) is 0.528. The number of carbonyl (C=O) groups is 1. The van der Waals surface area contributed by atoms with Crippen molar-refractivity contribution in [2.45, 2.75) is 0 Å². The number of nitrogens with two attached hydrogens (primary N) is 2. The number of rotatable bonds is 1. The predicted molar refractivity (Wildman–Crippen MR) is 36.4 cm³/mol. The highest BCUT2D eigenvalue weighted by Crippen LogP contribution is 2.09. The van der Waals surface area contributed by atoms with E-state index in [1.54, 1.807) is 0 Å². The van der Waals surface area contributed by atoms with E-state index < -0.39 is 5.91 Å². The van der Waals surface area contributed by atoms with Gasteiger partial charge in [0.05, 0.1) is 0 Å². The molecular formula is C4H5ClN4O. The van der Waals surface area contributed by atoms with Crippen LogP contribution in [0.3, 0.4) is 0 Å². The second kappa shape index (κ2) is 2.18. The third-order valence-corrected chi connectivity index (χ3v) is 1.26. The first kappa shape index (κ1) is 6.88. The lowest BCUT2D eigenvalue weighted by Gasteiger charge is -1.90. The molecule has 0 radical (unpaired) electrons. The summed E-state index contributed by atoms with van der Waals surface area (Å²) in [6, 6.07) is 0. The Bertz CT molecular complexity index is 268. The summed E-state index contributed by atoms with van der Waals surface area (Å²) in [6.07, 6.45) is 1.21. The van der Waals surface area contributed by atoms with E-state index in [4.69, 9.17) is 23.2 Å². The Balaban J connectivity index is 3.17. The molecule has 5 nitrogen and oxygen atoms in total. The molecule has 0 atom stereocenters. The van der Waals surface area contributed by atoms with E-state index in [0.717, 1.165) is 4.09 Å². The topological polar surface area (TPSA) is 86.9 Å². The van der Waals surface area contributed by atoms with E-state index in [9.17, 15) is 4.79 Å². The molecule has 0 bridgehead atoms. The number of nitrogen functional groups attached to an aromatic ring is 1. The Labute approximate surface area is 61.7 Å². The normalized spacial score (nSPS) is 9.70. The number of amides is 1. The zero-order valence-electron chi connectivity index (χ0n) is 4.91. The van der Waals surface area contributed by atoms with Gasteiger partial charge in [0.25, 0.3) is 5.91 Å². The summed E-state index contributed by atoms with van der Waals surface area (Å²) in [5.41, 5.74) is 10.1. The first-order valence-electron chi connectivity index (χ1n) is 2.41. The first-order chi connectivity index (χ1) is 4.63. The summed E-state index contributed by atoms with van der Waals surface area (Å²) in [5.74, 6) is -0.619.